The molecule has 3 nitrogen and oxygen atoms in total. The van der Waals surface area contributed by atoms with Crippen molar-refractivity contribution in [3.63, 3.8) is 0 Å². The highest BCUT2D eigenvalue weighted by Gasteiger charge is 2.34. The van der Waals surface area contributed by atoms with Crippen molar-refractivity contribution in [2.45, 2.75) is 161 Å². The number of ether oxygens (including phenoxy) is 1. The molecule has 1 fully saturated rings. The van der Waals surface area contributed by atoms with E-state index in [1.54, 1.807) is 0 Å². The molecule has 3 heteroatoms. The van der Waals surface area contributed by atoms with Gasteiger partial charge in [-0.25, -0.2) is 4.79 Å². The molecule has 1 heterocycles. The lowest BCUT2D eigenvalue weighted by Crippen LogP contribution is -2.50. The first-order valence-corrected chi connectivity index (χ1v) is 12.9. The zero-order valence-corrected chi connectivity index (χ0v) is 20.4. The van der Waals surface area contributed by atoms with Crippen LogP contribution in [0, 0.1) is 0 Å². The van der Waals surface area contributed by atoms with Gasteiger partial charge in [0.1, 0.15) is 5.60 Å². The summed E-state index contributed by atoms with van der Waals surface area (Å²) in [7, 11) is 0. The molecule has 29 heavy (non-hydrogen) atoms. The predicted molar refractivity (Wildman–Crippen MR) is 125 cm³/mol. The zero-order chi connectivity index (χ0) is 21.5. The Morgan fingerprint density at radius 2 is 1.31 bits per heavy atom. The number of piperidine rings is 1. The molecule has 0 aromatic carbocycles. The predicted octanol–water partition coefficient (Wildman–Crippen LogP) is 8.65. The second kappa shape index (κ2) is 15.1. The zero-order valence-electron chi connectivity index (χ0n) is 20.4. The summed E-state index contributed by atoms with van der Waals surface area (Å²) in [4.78, 5) is 14.7. The summed E-state index contributed by atoms with van der Waals surface area (Å²) >= 11 is 0. The molecular formula is C26H51NO2. The second-order valence-electron chi connectivity index (χ2n) is 10.4. The van der Waals surface area contributed by atoms with Crippen LogP contribution in [0.4, 0.5) is 4.79 Å². The molecule has 0 aromatic heterocycles. The van der Waals surface area contributed by atoms with Gasteiger partial charge in [-0.05, 0) is 53.4 Å². The summed E-state index contributed by atoms with van der Waals surface area (Å²) in [6, 6.07) is 0.687. The lowest BCUT2D eigenvalue weighted by molar-refractivity contribution is -0.00430. The van der Waals surface area contributed by atoms with Gasteiger partial charge in [0.05, 0.1) is 0 Å². The number of carbonyl (C=O) groups is 1. The van der Waals surface area contributed by atoms with Gasteiger partial charge in [0.15, 0.2) is 0 Å². The maximum atomic E-state index is 12.7. The fraction of sp³-hybridized carbons (Fsp3) is 0.962. The van der Waals surface area contributed by atoms with Crippen LogP contribution in [-0.2, 0) is 4.74 Å². The Labute approximate surface area is 182 Å². The van der Waals surface area contributed by atoms with Gasteiger partial charge < -0.3 is 9.64 Å². The van der Waals surface area contributed by atoms with E-state index in [4.69, 9.17) is 4.74 Å². The van der Waals surface area contributed by atoms with E-state index in [1.165, 1.54) is 89.9 Å². The third-order valence-corrected chi connectivity index (χ3v) is 6.27. The number of amides is 1. The smallest absolute Gasteiger partial charge is 0.410 e. The molecule has 0 bridgehead atoms. The Kier molecular flexibility index (Phi) is 13.7. The van der Waals surface area contributed by atoms with E-state index in [0.717, 1.165) is 19.3 Å². The van der Waals surface area contributed by atoms with Gasteiger partial charge >= 0.3 is 6.09 Å². The van der Waals surface area contributed by atoms with Gasteiger partial charge in [0.2, 0.25) is 0 Å². The molecule has 1 saturated heterocycles. The first-order valence-electron chi connectivity index (χ1n) is 12.9. The van der Waals surface area contributed by atoms with E-state index < -0.39 is 5.60 Å². The highest BCUT2D eigenvalue weighted by atomic mass is 16.6. The Bertz CT molecular complexity index is 415. The van der Waals surface area contributed by atoms with Crippen molar-refractivity contribution in [3.05, 3.63) is 0 Å². The molecule has 1 amide bonds. The maximum absolute atomic E-state index is 12.7. The number of nitrogens with zero attached hydrogens (tertiary/aromatic N) is 1. The van der Waals surface area contributed by atoms with E-state index in [2.05, 4.69) is 18.7 Å². The summed E-state index contributed by atoms with van der Waals surface area (Å²) in [6.45, 7) is 10.3. The number of carbonyl (C=O) groups excluding carboxylic acids is 1. The second-order valence-corrected chi connectivity index (χ2v) is 10.4. The molecule has 2 atom stereocenters. The molecule has 1 aliphatic heterocycles. The molecule has 1 aliphatic rings. The third-order valence-electron chi connectivity index (χ3n) is 6.27. The Morgan fingerprint density at radius 1 is 0.828 bits per heavy atom. The molecule has 0 spiro atoms. The van der Waals surface area contributed by atoms with Crippen molar-refractivity contribution >= 4 is 6.09 Å². The van der Waals surface area contributed by atoms with Crippen molar-refractivity contribution < 1.29 is 9.53 Å². The van der Waals surface area contributed by atoms with Crippen molar-refractivity contribution in [2.75, 3.05) is 0 Å². The highest BCUT2D eigenvalue weighted by molar-refractivity contribution is 5.69. The van der Waals surface area contributed by atoms with Crippen LogP contribution in [0.2, 0.25) is 0 Å². The van der Waals surface area contributed by atoms with Gasteiger partial charge in [-0.15, -0.1) is 0 Å². The molecule has 0 aromatic rings. The Balaban J connectivity index is 2.10. The molecule has 1 rings (SSSR count). The topological polar surface area (TPSA) is 29.5 Å². The summed E-state index contributed by atoms with van der Waals surface area (Å²) < 4.78 is 5.68. The molecule has 0 radical (unpaired) electrons. The molecule has 172 valence electrons. The molecular weight excluding hydrogens is 358 g/mol. The standard InChI is InChI=1S/C26H51NO2/c1-6-7-8-9-10-11-12-13-14-15-16-17-18-21-24-22-19-20-23(2)27(24)25(28)29-26(3,4)5/h23-24H,6-22H2,1-5H3/t23-,24-/m1/s1. The van der Waals surface area contributed by atoms with E-state index >= 15 is 0 Å². The SMILES string of the molecule is CCCCCCCCCCCCCCC[C@@H]1CCC[C@@H](C)N1C(=O)OC(C)(C)C. The van der Waals surface area contributed by atoms with Gasteiger partial charge in [0.25, 0.3) is 0 Å². The molecule has 0 N–H and O–H groups in total. The minimum atomic E-state index is -0.408. The van der Waals surface area contributed by atoms with Gasteiger partial charge in [-0.1, -0.05) is 90.4 Å². The van der Waals surface area contributed by atoms with Crippen LogP contribution < -0.4 is 0 Å². The Hall–Kier alpha value is -0.730. The minimum absolute atomic E-state index is 0.107. The fourth-order valence-corrected chi connectivity index (χ4v) is 4.61. The van der Waals surface area contributed by atoms with E-state index in [0.29, 0.717) is 12.1 Å². The number of hydrogen-bond acceptors (Lipinski definition) is 2. The van der Waals surface area contributed by atoms with Crippen LogP contribution in [0.15, 0.2) is 0 Å². The number of rotatable bonds is 14. The fourth-order valence-electron chi connectivity index (χ4n) is 4.61. The minimum Gasteiger partial charge on any atom is -0.444 e. The van der Waals surface area contributed by atoms with Crippen molar-refractivity contribution in [1.29, 1.82) is 0 Å². The quantitative estimate of drug-likeness (QED) is 0.269. The van der Waals surface area contributed by atoms with Crippen LogP contribution in [0.1, 0.15) is 144 Å². The summed E-state index contributed by atoms with van der Waals surface area (Å²) in [5.74, 6) is 0. The van der Waals surface area contributed by atoms with Crippen molar-refractivity contribution in [2.24, 2.45) is 0 Å². The van der Waals surface area contributed by atoms with Crippen LogP contribution in [0.3, 0.4) is 0 Å². The summed E-state index contributed by atoms with van der Waals surface area (Å²) in [5, 5.41) is 0. The van der Waals surface area contributed by atoms with Crippen LogP contribution in [0.5, 0.6) is 0 Å². The average molecular weight is 410 g/mol. The number of hydrogen-bond donors (Lipinski definition) is 0. The maximum Gasteiger partial charge on any atom is 0.410 e. The summed E-state index contributed by atoms with van der Waals surface area (Å²) in [6.07, 6.45) is 22.6. The molecule has 0 unspecified atom stereocenters. The van der Waals surface area contributed by atoms with Crippen LogP contribution >= 0.6 is 0 Å². The van der Waals surface area contributed by atoms with Gasteiger partial charge in [-0.3, -0.25) is 0 Å². The van der Waals surface area contributed by atoms with Crippen LogP contribution in [-0.4, -0.2) is 28.7 Å². The lowest BCUT2D eigenvalue weighted by atomic mass is 9.93. The van der Waals surface area contributed by atoms with Gasteiger partial charge in [-0.2, -0.15) is 0 Å². The van der Waals surface area contributed by atoms with E-state index in [1.807, 2.05) is 20.8 Å². The molecule has 0 saturated carbocycles. The monoisotopic (exact) mass is 409 g/mol. The van der Waals surface area contributed by atoms with Gasteiger partial charge in [0, 0.05) is 12.1 Å². The largest absolute Gasteiger partial charge is 0.444 e. The average Bonchev–Trinajstić information content (AvgIpc) is 2.64. The highest BCUT2D eigenvalue weighted by Crippen LogP contribution is 2.28. The molecule has 0 aliphatic carbocycles. The van der Waals surface area contributed by atoms with E-state index in [-0.39, 0.29) is 6.09 Å². The Morgan fingerprint density at radius 3 is 1.79 bits per heavy atom. The van der Waals surface area contributed by atoms with Crippen molar-refractivity contribution in [1.82, 2.24) is 4.90 Å². The van der Waals surface area contributed by atoms with Crippen LogP contribution in [0.25, 0.3) is 0 Å². The van der Waals surface area contributed by atoms with Crippen molar-refractivity contribution in [3.8, 4) is 0 Å². The number of likely N-dealkylation sites (tertiary alicyclic amines) is 1. The summed E-state index contributed by atoms with van der Waals surface area (Å²) in [5.41, 5.74) is -0.408. The van der Waals surface area contributed by atoms with E-state index in [9.17, 15) is 4.79 Å². The first-order chi connectivity index (χ1) is 13.8. The normalized spacial score (nSPS) is 20.1. The number of unbranched alkanes of at least 4 members (excludes halogenated alkanes) is 12. The first kappa shape index (κ1) is 26.3. The lowest BCUT2D eigenvalue weighted by Gasteiger charge is -2.41. The third kappa shape index (κ3) is 12.5.